The lowest BCUT2D eigenvalue weighted by molar-refractivity contribution is 0.0668. The molecule has 38 heavy (non-hydrogen) atoms. The fraction of sp³-hybridized carbons (Fsp3) is 0.286. The maximum atomic E-state index is 12.9. The smallest absolute Gasteiger partial charge is 0.272 e. The molecular weight excluding hydrogens is 523 g/mol. The van der Waals surface area contributed by atoms with E-state index in [4.69, 9.17) is 27.9 Å². The van der Waals surface area contributed by atoms with Crippen molar-refractivity contribution in [3.8, 4) is 5.75 Å². The molecule has 0 spiro atoms. The van der Waals surface area contributed by atoms with Crippen molar-refractivity contribution in [3.63, 3.8) is 0 Å². The van der Waals surface area contributed by atoms with Gasteiger partial charge in [-0.15, -0.1) is 0 Å². The van der Waals surface area contributed by atoms with Crippen molar-refractivity contribution in [2.24, 2.45) is 0 Å². The zero-order valence-corrected chi connectivity index (χ0v) is 22.8. The van der Waals surface area contributed by atoms with E-state index in [0.29, 0.717) is 40.1 Å². The second kappa shape index (κ2) is 11.1. The van der Waals surface area contributed by atoms with E-state index in [0.717, 1.165) is 22.2 Å². The number of H-pyrrole nitrogens is 1. The van der Waals surface area contributed by atoms with E-state index in [-0.39, 0.29) is 24.1 Å². The summed E-state index contributed by atoms with van der Waals surface area (Å²) in [6.45, 7) is 7.39. The Morgan fingerprint density at radius 3 is 2.50 bits per heavy atom. The average Bonchev–Trinajstić information content (AvgIpc) is 3.29. The van der Waals surface area contributed by atoms with Gasteiger partial charge in [0.05, 0.1) is 21.3 Å². The van der Waals surface area contributed by atoms with Crippen molar-refractivity contribution < 1.29 is 9.53 Å². The molecule has 1 aliphatic heterocycles. The molecular formula is C28H28Cl2N6O2. The van der Waals surface area contributed by atoms with Crippen molar-refractivity contribution in [1.82, 2.24) is 30.4 Å². The summed E-state index contributed by atoms with van der Waals surface area (Å²) in [6.07, 6.45) is 8.24. The number of carbonyl (C=O) groups excluding carboxylic acids is 1. The highest BCUT2D eigenvalue weighted by molar-refractivity contribution is 6.35. The van der Waals surface area contributed by atoms with Crippen LogP contribution < -0.4 is 10.1 Å². The third-order valence-electron chi connectivity index (χ3n) is 6.46. The number of fused-ring (bicyclic) bond motifs is 1. The van der Waals surface area contributed by atoms with E-state index in [1.807, 2.05) is 48.2 Å². The third kappa shape index (κ3) is 5.67. The van der Waals surface area contributed by atoms with E-state index in [9.17, 15) is 4.79 Å². The predicted molar refractivity (Wildman–Crippen MR) is 151 cm³/mol. The molecule has 10 heteroatoms. The second-order valence-corrected chi connectivity index (χ2v) is 10.4. The average molecular weight is 551 g/mol. The number of nitrogens with zero attached hydrogens (tertiary/aromatic N) is 4. The zero-order chi connectivity index (χ0) is 26.8. The van der Waals surface area contributed by atoms with Crippen LogP contribution in [0.1, 0.15) is 54.2 Å². The number of hydrogen-bond acceptors (Lipinski definition) is 6. The second-order valence-electron chi connectivity index (χ2n) is 9.58. The van der Waals surface area contributed by atoms with E-state index < -0.39 is 0 Å². The van der Waals surface area contributed by atoms with Gasteiger partial charge in [0.2, 0.25) is 0 Å². The first kappa shape index (κ1) is 26.2. The number of ether oxygens (including phenoxy) is 1. The van der Waals surface area contributed by atoms with Crippen molar-refractivity contribution in [2.75, 3.05) is 13.1 Å². The minimum absolute atomic E-state index is 0.0462. The summed E-state index contributed by atoms with van der Waals surface area (Å²) in [5.74, 6) is 0.612. The molecule has 1 aliphatic rings. The van der Waals surface area contributed by atoms with E-state index in [1.54, 1.807) is 24.7 Å². The number of hydrogen-bond donors (Lipinski definition) is 2. The topological polar surface area (TPSA) is 96.0 Å². The van der Waals surface area contributed by atoms with Gasteiger partial charge in [0.1, 0.15) is 17.5 Å². The molecule has 1 saturated heterocycles. The van der Waals surface area contributed by atoms with Gasteiger partial charge in [-0.05, 0) is 56.7 Å². The van der Waals surface area contributed by atoms with Crippen LogP contribution in [0, 0.1) is 0 Å². The molecule has 4 aromatic rings. The maximum absolute atomic E-state index is 12.9. The molecule has 196 valence electrons. The summed E-state index contributed by atoms with van der Waals surface area (Å²) in [5, 5.41) is 12.7. The summed E-state index contributed by atoms with van der Waals surface area (Å²) in [5.41, 5.74) is 3.62. The lowest BCUT2D eigenvalue weighted by Gasteiger charge is -2.35. The monoisotopic (exact) mass is 550 g/mol. The summed E-state index contributed by atoms with van der Waals surface area (Å²) in [7, 11) is 0. The Labute approximate surface area is 231 Å². The van der Waals surface area contributed by atoms with Gasteiger partial charge < -0.3 is 15.0 Å². The van der Waals surface area contributed by atoms with Gasteiger partial charge in [0.25, 0.3) is 5.91 Å². The predicted octanol–water partition coefficient (Wildman–Crippen LogP) is 5.79. The van der Waals surface area contributed by atoms with Crippen LogP contribution in [0.2, 0.25) is 10.0 Å². The minimum atomic E-state index is -0.374. The van der Waals surface area contributed by atoms with Gasteiger partial charge in [0, 0.05) is 54.7 Å². The minimum Gasteiger partial charge on any atom is -0.486 e. The fourth-order valence-corrected chi connectivity index (χ4v) is 5.42. The molecule has 0 aliphatic carbocycles. The summed E-state index contributed by atoms with van der Waals surface area (Å²) >= 11 is 12.6. The first-order valence-electron chi connectivity index (χ1n) is 12.4. The SMILES string of the molecule is CC1CN(C(=O)c2ccc(/C=C/c3n[nH]c4ccc(O[C@H](C)c5c(Cl)cncc5Cl)cc34)cn2)CC(C)N1. The fourth-order valence-electron chi connectivity index (χ4n) is 4.75. The molecule has 0 radical (unpaired) electrons. The van der Waals surface area contributed by atoms with Gasteiger partial charge in [-0.1, -0.05) is 35.3 Å². The van der Waals surface area contributed by atoms with Crippen LogP contribution in [0.15, 0.2) is 48.9 Å². The van der Waals surface area contributed by atoms with E-state index >= 15 is 0 Å². The van der Waals surface area contributed by atoms with Crippen molar-refractivity contribution in [1.29, 1.82) is 0 Å². The van der Waals surface area contributed by atoms with Crippen LogP contribution in [0.25, 0.3) is 23.1 Å². The molecule has 4 heterocycles. The molecule has 2 N–H and O–H groups in total. The first-order valence-corrected chi connectivity index (χ1v) is 13.2. The summed E-state index contributed by atoms with van der Waals surface area (Å²) < 4.78 is 6.14. The quantitative estimate of drug-likeness (QED) is 0.315. The zero-order valence-electron chi connectivity index (χ0n) is 21.3. The van der Waals surface area contributed by atoms with Crippen molar-refractivity contribution in [3.05, 3.63) is 81.5 Å². The van der Waals surface area contributed by atoms with Crippen LogP contribution >= 0.6 is 23.2 Å². The Bertz CT molecular complexity index is 1460. The molecule has 3 aromatic heterocycles. The normalized spacial score (nSPS) is 18.7. The highest BCUT2D eigenvalue weighted by Gasteiger charge is 2.26. The Morgan fingerprint density at radius 2 is 1.82 bits per heavy atom. The number of halogens is 2. The number of aromatic amines is 1. The van der Waals surface area contributed by atoms with E-state index in [2.05, 4.69) is 39.3 Å². The number of carbonyl (C=O) groups is 1. The van der Waals surface area contributed by atoms with Gasteiger partial charge in [-0.3, -0.25) is 19.9 Å². The largest absolute Gasteiger partial charge is 0.486 e. The molecule has 2 unspecified atom stereocenters. The highest BCUT2D eigenvalue weighted by atomic mass is 35.5. The first-order chi connectivity index (χ1) is 18.3. The van der Waals surface area contributed by atoms with Crippen molar-refractivity contribution in [2.45, 2.75) is 39.0 Å². The van der Waals surface area contributed by atoms with Crippen LogP contribution in [-0.2, 0) is 0 Å². The Kier molecular flexibility index (Phi) is 7.65. The molecule has 0 bridgehead atoms. The number of piperazine rings is 1. The van der Waals surface area contributed by atoms with Gasteiger partial charge in [0.15, 0.2) is 0 Å². The maximum Gasteiger partial charge on any atom is 0.272 e. The van der Waals surface area contributed by atoms with Gasteiger partial charge in [-0.25, -0.2) is 0 Å². The molecule has 1 fully saturated rings. The highest BCUT2D eigenvalue weighted by Crippen LogP contribution is 2.33. The number of pyridine rings is 2. The number of rotatable bonds is 6. The van der Waals surface area contributed by atoms with Gasteiger partial charge >= 0.3 is 0 Å². The number of amides is 1. The Hall–Kier alpha value is -3.46. The molecule has 1 aromatic carbocycles. The van der Waals surface area contributed by atoms with Crippen LogP contribution in [0.4, 0.5) is 0 Å². The van der Waals surface area contributed by atoms with Gasteiger partial charge in [-0.2, -0.15) is 5.10 Å². The molecule has 0 saturated carbocycles. The van der Waals surface area contributed by atoms with Crippen LogP contribution in [0.3, 0.4) is 0 Å². The molecule has 5 rings (SSSR count). The Morgan fingerprint density at radius 1 is 1.08 bits per heavy atom. The lowest BCUT2D eigenvalue weighted by atomic mass is 10.1. The van der Waals surface area contributed by atoms with E-state index in [1.165, 1.54) is 0 Å². The molecule has 8 nitrogen and oxygen atoms in total. The Balaban J connectivity index is 1.30. The lowest BCUT2D eigenvalue weighted by Crippen LogP contribution is -2.55. The van der Waals surface area contributed by atoms with Crippen LogP contribution in [-0.4, -0.2) is 56.1 Å². The molecule has 3 atom stereocenters. The third-order valence-corrected chi connectivity index (χ3v) is 7.06. The number of benzene rings is 1. The standard InChI is InChI=1S/C28H28Cl2N6O2/c1-16-14-36(15-17(2)33-16)28(37)26-8-5-19(11-32-26)4-7-24-21-10-20(6-9-25(21)35-34-24)38-18(3)27-22(29)12-31-13-23(27)30/h4-13,16-18,33H,14-15H2,1-3H3,(H,34,35)/b7-4+/t16?,17?,18-/m1/s1. The van der Waals surface area contributed by atoms with Crippen LogP contribution in [0.5, 0.6) is 5.75 Å². The number of aromatic nitrogens is 4. The summed E-state index contributed by atoms with van der Waals surface area (Å²) in [6, 6.07) is 9.88. The van der Waals surface area contributed by atoms with Crippen molar-refractivity contribution >= 4 is 52.2 Å². The molecule has 1 amide bonds. The summed E-state index contributed by atoms with van der Waals surface area (Å²) in [4.78, 5) is 23.2. The number of nitrogens with one attached hydrogen (secondary N) is 2.